The third-order valence-corrected chi connectivity index (χ3v) is 5.49. The van der Waals surface area contributed by atoms with Gasteiger partial charge in [-0.3, -0.25) is 9.36 Å². The molecule has 0 aliphatic carbocycles. The lowest BCUT2D eigenvalue weighted by atomic mass is 10.1. The van der Waals surface area contributed by atoms with Crippen LogP contribution in [0.3, 0.4) is 0 Å². The number of fused-ring (bicyclic) bond motifs is 1. The lowest BCUT2D eigenvalue weighted by Crippen LogP contribution is -2.37. The predicted octanol–water partition coefficient (Wildman–Crippen LogP) is 2.61. The van der Waals surface area contributed by atoms with Gasteiger partial charge in [0.1, 0.15) is 11.5 Å². The molecular formula is C23H26N4O3. The number of hydrogen-bond donors (Lipinski definition) is 0. The van der Waals surface area contributed by atoms with Gasteiger partial charge in [0.15, 0.2) is 5.89 Å². The van der Waals surface area contributed by atoms with Crippen molar-refractivity contribution in [2.24, 2.45) is 0 Å². The highest BCUT2D eigenvalue weighted by Crippen LogP contribution is 2.21. The van der Waals surface area contributed by atoms with Gasteiger partial charge in [-0.05, 0) is 31.9 Å². The molecule has 0 saturated carbocycles. The Balaban J connectivity index is 1.35. The number of amides is 1. The van der Waals surface area contributed by atoms with Crippen LogP contribution in [0.1, 0.15) is 40.7 Å². The van der Waals surface area contributed by atoms with Crippen molar-refractivity contribution in [3.8, 4) is 0 Å². The molecule has 0 atom stereocenters. The number of carbonyl (C=O) groups excluding carboxylic acids is 1. The second-order valence-electron chi connectivity index (χ2n) is 7.75. The Morgan fingerprint density at radius 3 is 2.70 bits per heavy atom. The molecule has 0 fully saturated rings. The minimum absolute atomic E-state index is 0.0151. The molecule has 0 bridgehead atoms. The molecule has 156 valence electrons. The minimum Gasteiger partial charge on any atom is -0.445 e. The van der Waals surface area contributed by atoms with Crippen molar-refractivity contribution in [3.05, 3.63) is 81.2 Å². The summed E-state index contributed by atoms with van der Waals surface area (Å²) < 4.78 is 7.48. The van der Waals surface area contributed by atoms with Crippen LogP contribution >= 0.6 is 0 Å². The average molecular weight is 406 g/mol. The first-order chi connectivity index (χ1) is 14.5. The summed E-state index contributed by atoms with van der Waals surface area (Å²) in [6.45, 7) is 5.06. The van der Waals surface area contributed by atoms with Crippen molar-refractivity contribution in [1.29, 1.82) is 0 Å². The molecule has 1 amide bonds. The molecule has 0 spiro atoms. The quantitative estimate of drug-likeness (QED) is 0.629. The summed E-state index contributed by atoms with van der Waals surface area (Å²) in [6, 6.07) is 12.1. The summed E-state index contributed by atoms with van der Waals surface area (Å²) in [6.07, 6.45) is 2.55. The Hall–Kier alpha value is -3.22. The first-order valence-electron chi connectivity index (χ1n) is 10.3. The zero-order valence-corrected chi connectivity index (χ0v) is 17.4. The molecule has 0 unspecified atom stereocenters. The molecule has 7 nitrogen and oxygen atoms in total. The highest BCUT2D eigenvalue weighted by atomic mass is 16.4. The summed E-state index contributed by atoms with van der Waals surface area (Å²) in [5.41, 5.74) is 3.31. The zero-order valence-electron chi connectivity index (χ0n) is 17.4. The third kappa shape index (κ3) is 4.50. The van der Waals surface area contributed by atoms with Gasteiger partial charge in [0.05, 0.1) is 6.54 Å². The van der Waals surface area contributed by atoms with Gasteiger partial charge < -0.3 is 9.32 Å². The van der Waals surface area contributed by atoms with Gasteiger partial charge in [-0.2, -0.15) is 4.98 Å². The van der Waals surface area contributed by atoms with Gasteiger partial charge in [0.25, 0.3) is 0 Å². The van der Waals surface area contributed by atoms with Crippen LogP contribution in [0.25, 0.3) is 0 Å². The summed E-state index contributed by atoms with van der Waals surface area (Å²) in [5.74, 6) is 1.63. The van der Waals surface area contributed by atoms with Gasteiger partial charge in [0.2, 0.25) is 5.91 Å². The Kier molecular flexibility index (Phi) is 5.79. The van der Waals surface area contributed by atoms with Crippen LogP contribution in [0, 0.1) is 13.8 Å². The fourth-order valence-electron chi connectivity index (χ4n) is 3.88. The van der Waals surface area contributed by atoms with Gasteiger partial charge in [-0.25, -0.2) is 9.78 Å². The third-order valence-electron chi connectivity index (χ3n) is 5.49. The van der Waals surface area contributed by atoms with Crippen molar-refractivity contribution in [2.45, 2.75) is 52.6 Å². The molecular weight excluding hydrogens is 380 g/mol. The van der Waals surface area contributed by atoms with E-state index in [2.05, 4.69) is 22.1 Å². The molecule has 7 heteroatoms. The first-order valence-corrected chi connectivity index (χ1v) is 10.3. The maximum atomic E-state index is 12.7. The molecule has 4 rings (SSSR count). The largest absolute Gasteiger partial charge is 0.445 e. The van der Waals surface area contributed by atoms with Crippen LogP contribution in [-0.4, -0.2) is 31.9 Å². The standard InChI is InChI=1S/C23H26N4O3/c1-16-14-17(2)27(23(29)24-16)13-11-22(28)26-12-10-20-19(15-26)25-21(30-20)9-8-18-6-4-3-5-7-18/h3-7,14H,8-13,15H2,1-2H3. The number of aryl methyl sites for hydroxylation is 4. The SMILES string of the molecule is Cc1cc(C)n(CCC(=O)N2CCc3oc(CCc4ccccc4)nc3C2)c(=O)n1. The van der Waals surface area contributed by atoms with Crippen molar-refractivity contribution in [1.82, 2.24) is 19.4 Å². The number of carbonyl (C=O) groups is 1. The average Bonchev–Trinajstić information content (AvgIpc) is 3.14. The van der Waals surface area contributed by atoms with E-state index in [9.17, 15) is 9.59 Å². The monoisotopic (exact) mass is 406 g/mol. The number of oxazole rings is 1. The number of benzene rings is 1. The number of aromatic nitrogens is 3. The van der Waals surface area contributed by atoms with Gasteiger partial charge in [0, 0.05) is 43.7 Å². The van der Waals surface area contributed by atoms with Crippen LogP contribution in [-0.2, 0) is 37.1 Å². The number of rotatable bonds is 6. The van der Waals surface area contributed by atoms with E-state index in [-0.39, 0.29) is 18.0 Å². The lowest BCUT2D eigenvalue weighted by molar-refractivity contribution is -0.132. The zero-order chi connectivity index (χ0) is 21.1. The minimum atomic E-state index is -0.305. The van der Waals surface area contributed by atoms with Crippen LogP contribution in [0.5, 0.6) is 0 Å². The molecule has 1 aliphatic heterocycles. The molecule has 0 radical (unpaired) electrons. The molecule has 0 N–H and O–H groups in total. The van der Waals surface area contributed by atoms with E-state index in [0.29, 0.717) is 31.7 Å². The van der Waals surface area contributed by atoms with Crippen LogP contribution in [0.4, 0.5) is 0 Å². The molecule has 1 aromatic carbocycles. The fourth-order valence-corrected chi connectivity index (χ4v) is 3.88. The Morgan fingerprint density at radius 2 is 1.93 bits per heavy atom. The highest BCUT2D eigenvalue weighted by Gasteiger charge is 2.25. The molecule has 3 heterocycles. The highest BCUT2D eigenvalue weighted by molar-refractivity contribution is 5.76. The predicted molar refractivity (Wildman–Crippen MR) is 112 cm³/mol. The summed E-state index contributed by atoms with van der Waals surface area (Å²) in [4.78, 5) is 35.2. The van der Waals surface area contributed by atoms with E-state index < -0.39 is 0 Å². The maximum Gasteiger partial charge on any atom is 0.347 e. The topological polar surface area (TPSA) is 81.2 Å². The van der Waals surface area contributed by atoms with E-state index in [4.69, 9.17) is 4.42 Å². The molecule has 1 aliphatic rings. The van der Waals surface area contributed by atoms with E-state index in [1.54, 1.807) is 16.4 Å². The van der Waals surface area contributed by atoms with Crippen LogP contribution < -0.4 is 5.69 Å². The molecule has 30 heavy (non-hydrogen) atoms. The van der Waals surface area contributed by atoms with E-state index in [1.807, 2.05) is 31.2 Å². The van der Waals surface area contributed by atoms with E-state index >= 15 is 0 Å². The number of nitrogens with zero attached hydrogens (tertiary/aromatic N) is 4. The Bertz CT molecular complexity index is 1100. The summed E-state index contributed by atoms with van der Waals surface area (Å²) in [7, 11) is 0. The fraction of sp³-hybridized carbons (Fsp3) is 0.391. The van der Waals surface area contributed by atoms with Crippen LogP contribution in [0.15, 0.2) is 45.6 Å². The smallest absolute Gasteiger partial charge is 0.347 e. The summed E-state index contributed by atoms with van der Waals surface area (Å²) >= 11 is 0. The van der Waals surface area contributed by atoms with Crippen molar-refractivity contribution < 1.29 is 9.21 Å². The van der Waals surface area contributed by atoms with E-state index in [0.717, 1.165) is 35.9 Å². The maximum absolute atomic E-state index is 12.7. The molecule has 3 aromatic rings. The van der Waals surface area contributed by atoms with Crippen LogP contribution in [0.2, 0.25) is 0 Å². The second-order valence-corrected chi connectivity index (χ2v) is 7.75. The second kappa shape index (κ2) is 8.65. The lowest BCUT2D eigenvalue weighted by Gasteiger charge is -2.25. The summed E-state index contributed by atoms with van der Waals surface area (Å²) in [5, 5.41) is 0. The van der Waals surface area contributed by atoms with Gasteiger partial charge >= 0.3 is 5.69 Å². The van der Waals surface area contributed by atoms with Crippen molar-refractivity contribution in [2.75, 3.05) is 6.54 Å². The normalized spacial score (nSPS) is 13.3. The van der Waals surface area contributed by atoms with Gasteiger partial charge in [-0.1, -0.05) is 30.3 Å². The molecule has 0 saturated heterocycles. The molecule has 2 aromatic heterocycles. The first kappa shape index (κ1) is 20.1. The van der Waals surface area contributed by atoms with Crippen molar-refractivity contribution in [3.63, 3.8) is 0 Å². The Morgan fingerprint density at radius 1 is 1.13 bits per heavy atom. The van der Waals surface area contributed by atoms with E-state index in [1.165, 1.54) is 5.56 Å². The Labute approximate surface area is 175 Å². The van der Waals surface area contributed by atoms with Crippen molar-refractivity contribution >= 4 is 5.91 Å². The number of hydrogen-bond acceptors (Lipinski definition) is 5. The van der Waals surface area contributed by atoms with Gasteiger partial charge in [-0.15, -0.1) is 0 Å².